The zero-order valence-electron chi connectivity index (χ0n) is 13.8. The molecule has 0 amide bonds. The molecule has 1 aromatic heterocycles. The van der Waals surface area contributed by atoms with Gasteiger partial charge in [0.2, 0.25) is 5.95 Å². The van der Waals surface area contributed by atoms with Crippen molar-refractivity contribution in [3.63, 3.8) is 0 Å². The van der Waals surface area contributed by atoms with Crippen LogP contribution in [0.25, 0.3) is 0 Å². The third kappa shape index (κ3) is 3.59. The lowest BCUT2D eigenvalue weighted by molar-refractivity contribution is 0.275. The Kier molecular flexibility index (Phi) is 4.54. The fourth-order valence-corrected chi connectivity index (χ4v) is 3.41. The third-order valence-electron chi connectivity index (χ3n) is 4.75. The van der Waals surface area contributed by atoms with E-state index >= 15 is 0 Å². The van der Waals surface area contributed by atoms with Crippen molar-refractivity contribution in [2.45, 2.75) is 44.8 Å². The van der Waals surface area contributed by atoms with E-state index in [-0.39, 0.29) is 11.9 Å². The molecular weight excluding hydrogens is 322 g/mol. The van der Waals surface area contributed by atoms with Crippen LogP contribution < -0.4 is 16.1 Å². The van der Waals surface area contributed by atoms with Crippen LogP contribution >= 0.6 is 0 Å². The summed E-state index contributed by atoms with van der Waals surface area (Å²) in [4.78, 5) is 8.30. The first-order valence-electron chi connectivity index (χ1n) is 8.67. The van der Waals surface area contributed by atoms with Crippen molar-refractivity contribution in [1.82, 2.24) is 9.97 Å². The molecule has 1 aliphatic carbocycles. The smallest absolute Gasteiger partial charge is 0.423 e. The van der Waals surface area contributed by atoms with Crippen molar-refractivity contribution in [2.24, 2.45) is 0 Å². The summed E-state index contributed by atoms with van der Waals surface area (Å²) in [5.74, 6) is 0.130. The normalized spacial score (nSPS) is 17.4. The highest BCUT2D eigenvalue weighted by atomic mass is 19.1. The fourth-order valence-electron chi connectivity index (χ4n) is 3.41. The summed E-state index contributed by atoms with van der Waals surface area (Å²) in [7, 11) is -0.864. The number of hydrogen-bond acceptors (Lipinski definition) is 6. The minimum atomic E-state index is -0.864. The monoisotopic (exact) mass is 342 g/mol. The molecule has 0 radical (unpaired) electrons. The van der Waals surface area contributed by atoms with E-state index in [0.717, 1.165) is 29.6 Å². The quantitative estimate of drug-likeness (QED) is 0.740. The second kappa shape index (κ2) is 6.97. The van der Waals surface area contributed by atoms with E-state index in [1.54, 1.807) is 6.07 Å². The molecule has 1 aliphatic heterocycles. The first-order valence-corrected chi connectivity index (χ1v) is 8.67. The Labute approximate surface area is 146 Å². The molecule has 1 fully saturated rings. The molecule has 0 spiro atoms. The Morgan fingerprint density at radius 2 is 2.08 bits per heavy atom. The predicted molar refractivity (Wildman–Crippen MR) is 94.6 cm³/mol. The average molecular weight is 342 g/mol. The Morgan fingerprint density at radius 3 is 2.92 bits per heavy atom. The molecule has 130 valence electrons. The van der Waals surface area contributed by atoms with E-state index in [1.165, 1.54) is 25.5 Å². The van der Waals surface area contributed by atoms with E-state index in [1.807, 2.05) is 12.1 Å². The standard InChI is InChI=1S/C17H20BFN4O2/c19-15-9-20-17(23-16(15)21-12-4-2-1-3-5-12)22-13-6-7-14-11(8-13)10-25-18(14)24/h6-9,12,24H,1-5,10H2,(H2,20,21,22,23). The number of benzene rings is 1. The average Bonchev–Trinajstić information content (AvgIpc) is 2.99. The van der Waals surface area contributed by atoms with Gasteiger partial charge >= 0.3 is 7.12 Å². The van der Waals surface area contributed by atoms with Gasteiger partial charge in [-0.3, -0.25) is 0 Å². The molecule has 2 heterocycles. The molecule has 8 heteroatoms. The number of nitrogens with zero attached hydrogens (tertiary/aromatic N) is 2. The predicted octanol–water partition coefficient (Wildman–Crippen LogP) is 2.32. The van der Waals surface area contributed by atoms with E-state index in [4.69, 9.17) is 4.65 Å². The number of anilines is 3. The van der Waals surface area contributed by atoms with E-state index in [0.29, 0.717) is 12.6 Å². The molecule has 2 aliphatic rings. The van der Waals surface area contributed by atoms with Crippen LogP contribution in [0.5, 0.6) is 0 Å². The molecule has 4 rings (SSSR count). The maximum absolute atomic E-state index is 14.0. The van der Waals surface area contributed by atoms with Crippen molar-refractivity contribution in [3.8, 4) is 0 Å². The number of rotatable bonds is 4. The summed E-state index contributed by atoms with van der Waals surface area (Å²) < 4.78 is 19.2. The van der Waals surface area contributed by atoms with Gasteiger partial charge in [-0.25, -0.2) is 9.37 Å². The summed E-state index contributed by atoms with van der Waals surface area (Å²) in [6.07, 6.45) is 6.84. The van der Waals surface area contributed by atoms with E-state index in [2.05, 4.69) is 20.6 Å². The van der Waals surface area contributed by atoms with Crippen LogP contribution in [0.1, 0.15) is 37.7 Å². The molecular formula is C17H20BFN4O2. The van der Waals surface area contributed by atoms with Crippen molar-refractivity contribution in [3.05, 3.63) is 35.8 Å². The second-order valence-electron chi connectivity index (χ2n) is 6.57. The molecule has 25 heavy (non-hydrogen) atoms. The van der Waals surface area contributed by atoms with Crippen molar-refractivity contribution >= 4 is 30.0 Å². The summed E-state index contributed by atoms with van der Waals surface area (Å²) in [6.45, 7) is 0.366. The van der Waals surface area contributed by atoms with Crippen LogP contribution in [0.15, 0.2) is 24.4 Å². The van der Waals surface area contributed by atoms with Gasteiger partial charge in [0.25, 0.3) is 0 Å². The van der Waals surface area contributed by atoms with Crippen LogP contribution in [-0.4, -0.2) is 28.2 Å². The Bertz CT molecular complexity index is 770. The van der Waals surface area contributed by atoms with E-state index < -0.39 is 12.9 Å². The van der Waals surface area contributed by atoms with Crippen molar-refractivity contribution in [2.75, 3.05) is 10.6 Å². The van der Waals surface area contributed by atoms with Gasteiger partial charge in [-0.1, -0.05) is 25.3 Å². The van der Waals surface area contributed by atoms with Crippen LogP contribution in [0, 0.1) is 5.82 Å². The summed E-state index contributed by atoms with van der Waals surface area (Å²) in [5, 5.41) is 16.0. The van der Waals surface area contributed by atoms with Gasteiger partial charge in [0.15, 0.2) is 11.6 Å². The highest BCUT2D eigenvalue weighted by Gasteiger charge is 2.27. The number of fused-ring (bicyclic) bond motifs is 1. The Balaban J connectivity index is 1.50. The molecule has 0 saturated heterocycles. The second-order valence-corrected chi connectivity index (χ2v) is 6.57. The number of nitrogens with one attached hydrogen (secondary N) is 2. The number of aromatic nitrogens is 2. The third-order valence-corrected chi connectivity index (χ3v) is 4.75. The Hall–Kier alpha value is -2.19. The molecule has 0 bridgehead atoms. The molecule has 1 saturated carbocycles. The SMILES string of the molecule is OB1OCc2cc(Nc3ncc(F)c(NC4CCCCC4)n3)ccc21. The van der Waals surface area contributed by atoms with Gasteiger partial charge < -0.3 is 20.3 Å². The number of halogens is 1. The molecule has 1 aromatic carbocycles. The first-order chi connectivity index (χ1) is 12.2. The topological polar surface area (TPSA) is 79.3 Å². The van der Waals surface area contributed by atoms with E-state index in [9.17, 15) is 9.41 Å². The summed E-state index contributed by atoms with van der Waals surface area (Å²) in [6, 6.07) is 5.77. The first kappa shape index (κ1) is 16.3. The van der Waals surface area contributed by atoms with Crippen LogP contribution in [-0.2, 0) is 11.3 Å². The van der Waals surface area contributed by atoms with Gasteiger partial charge in [0.05, 0.1) is 12.8 Å². The number of hydrogen-bond donors (Lipinski definition) is 3. The van der Waals surface area contributed by atoms with Crippen molar-refractivity contribution < 1.29 is 14.1 Å². The van der Waals surface area contributed by atoms with Crippen LogP contribution in [0.4, 0.5) is 21.8 Å². The Morgan fingerprint density at radius 1 is 1.24 bits per heavy atom. The highest BCUT2D eigenvalue weighted by molar-refractivity contribution is 6.61. The molecule has 3 N–H and O–H groups in total. The van der Waals surface area contributed by atoms with Gasteiger partial charge in [-0.15, -0.1) is 0 Å². The zero-order valence-corrected chi connectivity index (χ0v) is 13.8. The molecule has 6 nitrogen and oxygen atoms in total. The maximum atomic E-state index is 14.0. The minimum Gasteiger partial charge on any atom is -0.423 e. The summed E-state index contributed by atoms with van der Waals surface area (Å²) >= 11 is 0. The summed E-state index contributed by atoms with van der Waals surface area (Å²) in [5.41, 5.74) is 2.46. The molecule has 0 atom stereocenters. The molecule has 0 unspecified atom stereocenters. The molecule has 2 aromatic rings. The van der Waals surface area contributed by atoms with Gasteiger partial charge in [0.1, 0.15) is 0 Å². The lowest BCUT2D eigenvalue weighted by atomic mass is 9.79. The zero-order chi connectivity index (χ0) is 17.2. The van der Waals surface area contributed by atoms with Crippen LogP contribution in [0.3, 0.4) is 0 Å². The fraction of sp³-hybridized carbons (Fsp3) is 0.412. The van der Waals surface area contributed by atoms with Gasteiger partial charge in [-0.2, -0.15) is 4.98 Å². The largest absolute Gasteiger partial charge is 0.491 e. The van der Waals surface area contributed by atoms with Gasteiger partial charge in [-0.05, 0) is 36.0 Å². The lowest BCUT2D eigenvalue weighted by Gasteiger charge is -2.23. The minimum absolute atomic E-state index is 0.240. The van der Waals surface area contributed by atoms with Gasteiger partial charge in [0, 0.05) is 11.7 Å². The lowest BCUT2D eigenvalue weighted by Crippen LogP contribution is -2.27. The van der Waals surface area contributed by atoms with Crippen LogP contribution in [0.2, 0.25) is 0 Å². The maximum Gasteiger partial charge on any atom is 0.491 e. The van der Waals surface area contributed by atoms with Crippen molar-refractivity contribution in [1.29, 1.82) is 0 Å². The highest BCUT2D eigenvalue weighted by Crippen LogP contribution is 2.23.